The molecule has 0 aromatic heterocycles. The summed E-state index contributed by atoms with van der Waals surface area (Å²) in [6.45, 7) is -6.84. The Labute approximate surface area is 620 Å². The van der Waals surface area contributed by atoms with Gasteiger partial charge >= 0.3 is 46.9 Å². The lowest BCUT2D eigenvalue weighted by Crippen LogP contribution is -2.19. The fourth-order valence-corrected chi connectivity index (χ4v) is 19.7. The van der Waals surface area contributed by atoms with Crippen LogP contribution in [0.5, 0.6) is 0 Å². The summed E-state index contributed by atoms with van der Waals surface area (Å²) in [5, 5.41) is 27.6. The largest absolute Gasteiger partial charge is 0.472 e. The Morgan fingerprint density at radius 2 is 0.557 bits per heavy atom. The van der Waals surface area contributed by atoms with Gasteiger partial charge < -0.3 is 48.8 Å². The zero-order chi connectivity index (χ0) is 75.6. The highest BCUT2D eigenvalue weighted by molar-refractivity contribution is 8.76. The van der Waals surface area contributed by atoms with Gasteiger partial charge in [0.05, 0.1) is 85.9 Å². The first kappa shape index (κ1) is 84.7. The molecule has 0 radical (unpaired) electrons. The SMILES string of the molecule is C=P(O)(O)OCC(COP(=O)(O)OCCOP(=O)(O)OCCOP(=O)(O)OCCCCCCSSCCCCCCOP(=O)(O)OCCOP(=O)(O)OCCOP(=O)(O)OCC(CO)Cc1ccc2c3cccc4cccc(c5cccc1c52)c43)Cc1ccc2c3cccc4cccc(c5cccc1c52)c43. The van der Waals surface area contributed by atoms with Gasteiger partial charge in [0.2, 0.25) is 7.57 Å². The molecule has 578 valence electrons. The Hall–Kier alpha value is -3.70. The van der Waals surface area contributed by atoms with Crippen LogP contribution in [0.2, 0.25) is 0 Å². The first-order valence-electron chi connectivity index (χ1n) is 34.1. The predicted octanol–water partition coefficient (Wildman–Crippen LogP) is 16.3. The molecular weight excluding hydrogens is 1560 g/mol. The first-order valence-corrected chi connectivity index (χ1v) is 47.4. The Balaban J connectivity index is 0.498. The van der Waals surface area contributed by atoms with Crippen LogP contribution in [0.1, 0.15) is 62.5 Å². The van der Waals surface area contributed by atoms with Crippen molar-refractivity contribution < 1.29 is 130 Å². The summed E-state index contributed by atoms with van der Waals surface area (Å²) < 4.78 is 140. The molecule has 28 nitrogen and oxygen atoms in total. The lowest BCUT2D eigenvalue weighted by molar-refractivity contribution is 0.0794. The van der Waals surface area contributed by atoms with Crippen molar-refractivity contribution in [2.75, 3.05) is 104 Å². The molecule has 106 heavy (non-hydrogen) atoms. The number of phosphoric ester groups is 6. The number of aliphatic hydroxyl groups is 1. The molecule has 37 heteroatoms. The van der Waals surface area contributed by atoms with E-state index in [1.165, 1.54) is 5.39 Å². The second-order valence-corrected chi connectivity index (χ2v) is 37.9. The van der Waals surface area contributed by atoms with Crippen molar-refractivity contribution in [1.82, 2.24) is 0 Å². The number of rotatable bonds is 51. The van der Waals surface area contributed by atoms with Gasteiger partial charge in [-0.25, -0.2) is 27.4 Å². The van der Waals surface area contributed by atoms with E-state index in [-0.39, 0.29) is 39.5 Å². The second kappa shape index (κ2) is 39.2. The normalized spacial score (nSPS) is 16.7. The Morgan fingerprint density at radius 3 is 0.896 bits per heavy atom. The van der Waals surface area contributed by atoms with Gasteiger partial charge in [0.15, 0.2) is 0 Å². The van der Waals surface area contributed by atoms with Crippen LogP contribution >= 0.6 is 76.1 Å². The van der Waals surface area contributed by atoms with Gasteiger partial charge in [-0.2, -0.15) is 0 Å². The zero-order valence-electron chi connectivity index (χ0n) is 57.7. The summed E-state index contributed by atoms with van der Waals surface area (Å²) in [4.78, 5) is 81.0. The van der Waals surface area contributed by atoms with E-state index in [2.05, 4.69) is 73.0 Å². The molecule has 8 unspecified atom stereocenters. The molecule has 0 saturated carbocycles. The molecule has 0 spiro atoms. The molecule has 0 aliphatic heterocycles. The number of hydrogen-bond acceptors (Lipinski definition) is 24. The van der Waals surface area contributed by atoms with Crippen LogP contribution in [0, 0.1) is 11.8 Å². The molecule has 0 aliphatic rings. The van der Waals surface area contributed by atoms with Crippen LogP contribution in [-0.2, 0) is 99.0 Å². The van der Waals surface area contributed by atoms with Gasteiger partial charge in [-0.05, 0) is 142 Å². The molecule has 10 aromatic rings. The van der Waals surface area contributed by atoms with Gasteiger partial charge in [0.1, 0.15) is 0 Å². The Bertz CT molecular complexity index is 4810. The van der Waals surface area contributed by atoms with E-state index < -0.39 is 126 Å². The van der Waals surface area contributed by atoms with E-state index in [1.54, 1.807) is 21.6 Å². The van der Waals surface area contributed by atoms with E-state index in [4.69, 9.17) is 58.8 Å². The summed E-state index contributed by atoms with van der Waals surface area (Å²) in [5.74, 6) is 0.455. The van der Waals surface area contributed by atoms with Crippen molar-refractivity contribution in [3.8, 4) is 0 Å². The van der Waals surface area contributed by atoms with Crippen molar-refractivity contribution in [2.24, 2.45) is 11.8 Å². The average molecular weight is 1650 g/mol. The molecule has 8 atom stereocenters. The van der Waals surface area contributed by atoms with Gasteiger partial charge in [-0.1, -0.05) is 181 Å². The van der Waals surface area contributed by atoms with E-state index in [0.29, 0.717) is 32.1 Å². The predicted molar refractivity (Wildman–Crippen MR) is 413 cm³/mol. The molecule has 10 rings (SSSR count). The molecular formula is C69H87O28P7S2. The zero-order valence-corrected chi connectivity index (χ0v) is 65.6. The van der Waals surface area contributed by atoms with Crippen molar-refractivity contribution in [2.45, 2.75) is 64.2 Å². The molecule has 0 heterocycles. The number of hydrogen-bond donors (Lipinski definition) is 9. The summed E-state index contributed by atoms with van der Waals surface area (Å²) in [7, 11) is -28.7. The number of phosphoric acid groups is 6. The van der Waals surface area contributed by atoms with Crippen LogP contribution < -0.4 is 0 Å². The van der Waals surface area contributed by atoms with Gasteiger partial charge in [0, 0.05) is 29.9 Å². The van der Waals surface area contributed by atoms with Crippen LogP contribution in [0.3, 0.4) is 0 Å². The maximum absolute atomic E-state index is 13.0. The highest BCUT2D eigenvalue weighted by atomic mass is 33.1. The molecule has 0 bridgehead atoms. The smallest absolute Gasteiger partial charge is 0.396 e. The van der Waals surface area contributed by atoms with E-state index in [0.717, 1.165) is 129 Å². The quantitative estimate of drug-likeness (QED) is 0.00562. The third-order valence-electron chi connectivity index (χ3n) is 17.2. The topological polar surface area (TPSA) is 404 Å². The van der Waals surface area contributed by atoms with Crippen LogP contribution in [0.25, 0.3) is 86.2 Å². The highest BCUT2D eigenvalue weighted by Crippen LogP contribution is 2.51. The number of benzene rings is 10. The maximum atomic E-state index is 13.0. The van der Waals surface area contributed by atoms with Crippen molar-refractivity contribution >= 4 is 169 Å². The number of unbranched alkanes of at least 4 members (excludes halogenated alkanes) is 6. The minimum Gasteiger partial charge on any atom is -0.396 e. The summed E-state index contributed by atoms with van der Waals surface area (Å²) in [6, 6.07) is 44.9. The molecule has 0 saturated heterocycles. The molecule has 0 amide bonds. The minimum atomic E-state index is -4.83. The lowest BCUT2D eigenvalue weighted by atomic mass is 9.87. The van der Waals surface area contributed by atoms with E-state index >= 15 is 0 Å². The Kier molecular flexibility index (Phi) is 31.3. The van der Waals surface area contributed by atoms with Gasteiger partial charge in [-0.15, -0.1) is 0 Å². The monoisotopic (exact) mass is 1640 g/mol. The summed E-state index contributed by atoms with van der Waals surface area (Å²) >= 11 is 0. The minimum absolute atomic E-state index is 0.0731. The van der Waals surface area contributed by atoms with Crippen LogP contribution in [-0.4, -0.2) is 155 Å². The number of aliphatic hydroxyl groups excluding tert-OH is 1. The van der Waals surface area contributed by atoms with Crippen molar-refractivity contribution in [1.29, 1.82) is 0 Å². The fourth-order valence-electron chi connectivity index (χ4n) is 12.5. The third kappa shape index (κ3) is 24.9. The standard InChI is InChI=1S/C69H87O28P7S2/c1-98(71,72)95-48-51(45-55-29-31-65-61-25-13-19-53-17-11-23-59(67(53)61)63-27-15-21-57(55)69(63)65)49-97-104(83,84)94-41-39-92-102(79,80)90-37-35-88-100(75,76)86-33-7-3-5-9-43-106-105-42-8-4-2-6-32-85-99(73,74)87-34-36-89-101(77,78)91-38-40-93-103(81,82)96-47-50(46-70)44-54-28-30-64-60-24-12-18-52-16-10-22-58(66(52)60)62-26-14-20-56(54)68(62)64/h10-31,50-51,70-72H,1-9,32-49H2,(H,73,74)(H,75,76)(H,77,78)(H,79,80)(H,81,82)(H,83,84). The number of fused-ring (bicyclic) bond motifs is 4. The van der Waals surface area contributed by atoms with E-state index in [9.17, 15) is 71.6 Å². The second-order valence-electron chi connectivity index (χ2n) is 24.9. The maximum Gasteiger partial charge on any atom is 0.472 e. The lowest BCUT2D eigenvalue weighted by Gasteiger charge is -2.22. The fraction of sp³-hybridized carbons (Fsp3) is 0.406. The van der Waals surface area contributed by atoms with Crippen LogP contribution in [0.15, 0.2) is 133 Å². The molecule has 10 aromatic carbocycles. The van der Waals surface area contributed by atoms with Crippen molar-refractivity contribution in [3.05, 3.63) is 145 Å². The van der Waals surface area contributed by atoms with Crippen molar-refractivity contribution in [3.63, 3.8) is 0 Å². The third-order valence-corrected chi connectivity index (χ3v) is 26.4. The summed E-state index contributed by atoms with van der Waals surface area (Å²) in [6.07, 6.45) is 9.62. The summed E-state index contributed by atoms with van der Waals surface area (Å²) in [5.41, 5.74) is 1.76. The molecule has 0 aliphatic carbocycles. The average Bonchev–Trinajstić information content (AvgIpc) is 0.727. The highest BCUT2D eigenvalue weighted by Gasteiger charge is 2.31. The Morgan fingerprint density at radius 1 is 0.292 bits per heavy atom. The van der Waals surface area contributed by atoms with E-state index in [1.807, 2.05) is 66.7 Å². The molecule has 9 N–H and O–H groups in total. The molecule has 0 fully saturated rings. The van der Waals surface area contributed by atoms with Gasteiger partial charge in [-0.3, -0.25) is 54.3 Å². The van der Waals surface area contributed by atoms with Gasteiger partial charge in [0.25, 0.3) is 0 Å². The van der Waals surface area contributed by atoms with Crippen LogP contribution in [0.4, 0.5) is 0 Å². The first-order chi connectivity index (χ1) is 50.6.